The highest BCUT2D eigenvalue weighted by Gasteiger charge is 2.16. The van der Waals surface area contributed by atoms with Crippen LogP contribution in [0.5, 0.6) is 0 Å². The third kappa shape index (κ3) is 3.17. The van der Waals surface area contributed by atoms with Crippen molar-refractivity contribution in [1.29, 1.82) is 0 Å². The Hall–Kier alpha value is -2.04. The molecule has 2 aromatic rings. The summed E-state index contributed by atoms with van der Waals surface area (Å²) in [5, 5.41) is 8.98. The third-order valence-corrected chi connectivity index (χ3v) is 4.25. The maximum atomic E-state index is 5.90. The van der Waals surface area contributed by atoms with Crippen LogP contribution in [0.25, 0.3) is 10.9 Å². The average Bonchev–Trinajstić information content (AvgIpc) is 2.75. The number of hydrogen-bond acceptors (Lipinski definition) is 2. The molecule has 1 aliphatic rings. The van der Waals surface area contributed by atoms with Crippen LogP contribution in [-0.4, -0.2) is 28.8 Å². The molecule has 0 aliphatic heterocycles. The predicted molar refractivity (Wildman–Crippen MR) is 86.3 cm³/mol. The molecule has 0 bridgehead atoms. The quantitative estimate of drug-likeness (QED) is 0.650. The number of fused-ring (bicyclic) bond motifs is 1. The van der Waals surface area contributed by atoms with Crippen LogP contribution in [-0.2, 0) is 13.5 Å². The molecule has 21 heavy (non-hydrogen) atoms. The molecule has 5 nitrogen and oxygen atoms in total. The second-order valence-corrected chi connectivity index (χ2v) is 5.79. The smallest absolute Gasteiger partial charge is 0.188 e. The van der Waals surface area contributed by atoms with Crippen molar-refractivity contribution < 1.29 is 0 Å². The number of guanidine groups is 1. The van der Waals surface area contributed by atoms with Crippen LogP contribution < -0.4 is 11.1 Å². The summed E-state index contributed by atoms with van der Waals surface area (Å²) in [7, 11) is 1.98. The minimum Gasteiger partial charge on any atom is -0.370 e. The zero-order chi connectivity index (χ0) is 14.7. The number of nitrogens with one attached hydrogen (secondary N) is 1. The van der Waals surface area contributed by atoms with Crippen molar-refractivity contribution in [3.63, 3.8) is 0 Å². The first-order valence-electron chi connectivity index (χ1n) is 7.68. The summed E-state index contributed by atoms with van der Waals surface area (Å²) in [5.74, 6) is 1.31. The lowest BCUT2D eigenvalue weighted by atomic mass is 9.86. The Bertz CT molecular complexity index is 639. The first-order valence-corrected chi connectivity index (χ1v) is 7.68. The van der Waals surface area contributed by atoms with Gasteiger partial charge in [-0.1, -0.05) is 24.6 Å². The van der Waals surface area contributed by atoms with Gasteiger partial charge in [0.25, 0.3) is 0 Å². The zero-order valence-electron chi connectivity index (χ0n) is 12.5. The van der Waals surface area contributed by atoms with E-state index in [4.69, 9.17) is 5.73 Å². The second kappa shape index (κ2) is 6.16. The number of nitrogens with two attached hydrogens (primary N) is 1. The number of aromatic nitrogens is 2. The molecule has 1 saturated carbocycles. The highest BCUT2D eigenvalue weighted by Crippen LogP contribution is 2.26. The molecule has 1 aromatic carbocycles. The summed E-state index contributed by atoms with van der Waals surface area (Å²) >= 11 is 0. The van der Waals surface area contributed by atoms with Crippen molar-refractivity contribution in [2.24, 2.45) is 23.7 Å². The number of nitrogens with zero attached hydrogens (tertiary/aromatic N) is 3. The van der Waals surface area contributed by atoms with E-state index in [1.54, 1.807) is 0 Å². The SMILES string of the molecule is Cn1nc(CCNC(N)=NCC2CCC2)c2ccccc21. The van der Waals surface area contributed by atoms with E-state index in [-0.39, 0.29) is 0 Å². The normalized spacial score (nSPS) is 16.1. The van der Waals surface area contributed by atoms with Gasteiger partial charge in [0.2, 0.25) is 0 Å². The number of rotatable bonds is 5. The predicted octanol–water partition coefficient (Wildman–Crippen LogP) is 1.82. The van der Waals surface area contributed by atoms with E-state index in [1.807, 2.05) is 17.8 Å². The van der Waals surface area contributed by atoms with Crippen molar-refractivity contribution in [3.8, 4) is 0 Å². The lowest BCUT2D eigenvalue weighted by molar-refractivity contribution is 0.326. The summed E-state index contributed by atoms with van der Waals surface area (Å²) in [6.45, 7) is 1.63. The van der Waals surface area contributed by atoms with E-state index in [0.717, 1.165) is 31.1 Å². The molecule has 1 fully saturated rings. The lowest BCUT2D eigenvalue weighted by Gasteiger charge is -2.23. The van der Waals surface area contributed by atoms with Crippen LogP contribution in [0.4, 0.5) is 0 Å². The number of para-hydroxylation sites is 1. The van der Waals surface area contributed by atoms with Gasteiger partial charge in [0.05, 0.1) is 11.2 Å². The first-order chi connectivity index (χ1) is 10.2. The lowest BCUT2D eigenvalue weighted by Crippen LogP contribution is -2.34. The Morgan fingerprint density at radius 1 is 1.43 bits per heavy atom. The van der Waals surface area contributed by atoms with Gasteiger partial charge in [-0.05, 0) is 24.8 Å². The molecule has 0 unspecified atom stereocenters. The van der Waals surface area contributed by atoms with Crippen LogP contribution >= 0.6 is 0 Å². The summed E-state index contributed by atoms with van der Waals surface area (Å²) in [5.41, 5.74) is 8.17. The Balaban J connectivity index is 1.54. The molecule has 5 heteroatoms. The van der Waals surface area contributed by atoms with Crippen molar-refractivity contribution in [3.05, 3.63) is 30.0 Å². The number of aryl methyl sites for hydroxylation is 1. The molecule has 0 spiro atoms. The van der Waals surface area contributed by atoms with Gasteiger partial charge in [-0.2, -0.15) is 5.10 Å². The Labute approximate surface area is 125 Å². The highest BCUT2D eigenvalue weighted by molar-refractivity contribution is 5.82. The van der Waals surface area contributed by atoms with Gasteiger partial charge >= 0.3 is 0 Å². The summed E-state index contributed by atoms with van der Waals surface area (Å²) < 4.78 is 1.93. The summed E-state index contributed by atoms with van der Waals surface area (Å²) in [4.78, 5) is 4.40. The second-order valence-electron chi connectivity index (χ2n) is 5.79. The van der Waals surface area contributed by atoms with Crippen molar-refractivity contribution in [1.82, 2.24) is 15.1 Å². The summed E-state index contributed by atoms with van der Waals surface area (Å²) in [6.07, 6.45) is 4.80. The van der Waals surface area contributed by atoms with Crippen molar-refractivity contribution in [2.45, 2.75) is 25.7 Å². The Morgan fingerprint density at radius 3 is 3.00 bits per heavy atom. The van der Waals surface area contributed by atoms with Crippen LogP contribution in [0.2, 0.25) is 0 Å². The molecule has 112 valence electrons. The number of hydrogen-bond donors (Lipinski definition) is 2. The fourth-order valence-electron chi connectivity index (χ4n) is 2.74. The first kappa shape index (κ1) is 13.9. The average molecular weight is 285 g/mol. The van der Waals surface area contributed by atoms with Crippen LogP contribution in [0.1, 0.15) is 25.0 Å². The summed E-state index contributed by atoms with van der Waals surface area (Å²) in [6, 6.07) is 8.30. The molecule has 0 atom stereocenters. The van der Waals surface area contributed by atoms with Gasteiger partial charge in [-0.15, -0.1) is 0 Å². The molecule has 0 radical (unpaired) electrons. The molecule has 1 aromatic heterocycles. The largest absolute Gasteiger partial charge is 0.370 e. The minimum atomic E-state index is 0.558. The standard InChI is InChI=1S/C16H23N5/c1-21-15-8-3-2-7-13(15)14(20-21)9-10-18-16(17)19-11-12-5-4-6-12/h2-3,7-8,12H,4-6,9-11H2,1H3,(H3,17,18,19). The maximum Gasteiger partial charge on any atom is 0.188 e. The molecule has 0 amide bonds. The van der Waals surface area contributed by atoms with E-state index >= 15 is 0 Å². The molecule has 3 rings (SSSR count). The van der Waals surface area contributed by atoms with Gasteiger partial charge < -0.3 is 11.1 Å². The van der Waals surface area contributed by atoms with Gasteiger partial charge in [0, 0.05) is 31.9 Å². The fraction of sp³-hybridized carbons (Fsp3) is 0.500. The van der Waals surface area contributed by atoms with Crippen LogP contribution in [0.3, 0.4) is 0 Å². The van der Waals surface area contributed by atoms with Crippen LogP contribution in [0.15, 0.2) is 29.3 Å². The van der Waals surface area contributed by atoms with E-state index in [0.29, 0.717) is 5.96 Å². The Morgan fingerprint density at radius 2 is 2.24 bits per heavy atom. The van der Waals surface area contributed by atoms with Gasteiger partial charge in [0.15, 0.2) is 5.96 Å². The van der Waals surface area contributed by atoms with E-state index in [2.05, 4.69) is 33.6 Å². The fourth-order valence-corrected chi connectivity index (χ4v) is 2.74. The molecule has 1 aliphatic carbocycles. The van der Waals surface area contributed by atoms with Gasteiger partial charge in [-0.25, -0.2) is 0 Å². The van der Waals surface area contributed by atoms with E-state index < -0.39 is 0 Å². The molecular formula is C16H23N5. The van der Waals surface area contributed by atoms with E-state index in [1.165, 1.54) is 30.2 Å². The van der Waals surface area contributed by atoms with Gasteiger partial charge in [-0.3, -0.25) is 9.67 Å². The topological polar surface area (TPSA) is 68.2 Å². The molecular weight excluding hydrogens is 262 g/mol. The minimum absolute atomic E-state index is 0.558. The van der Waals surface area contributed by atoms with Crippen LogP contribution in [0, 0.1) is 5.92 Å². The molecule has 0 saturated heterocycles. The third-order valence-electron chi connectivity index (χ3n) is 4.25. The van der Waals surface area contributed by atoms with E-state index in [9.17, 15) is 0 Å². The van der Waals surface area contributed by atoms with Crippen molar-refractivity contribution in [2.75, 3.05) is 13.1 Å². The van der Waals surface area contributed by atoms with Gasteiger partial charge in [0.1, 0.15) is 0 Å². The number of benzene rings is 1. The number of aliphatic imine (C=N–C) groups is 1. The molecule has 1 heterocycles. The Kier molecular flexibility index (Phi) is 4.08. The zero-order valence-corrected chi connectivity index (χ0v) is 12.5. The van der Waals surface area contributed by atoms with Crippen molar-refractivity contribution >= 4 is 16.9 Å². The highest BCUT2D eigenvalue weighted by atomic mass is 15.3. The monoisotopic (exact) mass is 285 g/mol. The maximum absolute atomic E-state index is 5.90. The molecule has 3 N–H and O–H groups in total.